The van der Waals surface area contributed by atoms with Crippen LogP contribution in [0.15, 0.2) is 121 Å². The van der Waals surface area contributed by atoms with Gasteiger partial charge in [-0.2, -0.15) is 3.89 Å². The number of aliphatic hydroxyl groups excluding tert-OH is 3. The highest BCUT2D eigenvalue weighted by atomic mass is 32.2. The van der Waals surface area contributed by atoms with E-state index in [0.717, 1.165) is 65.1 Å². The number of hydrogen-bond donors (Lipinski definition) is 6. The molecular formula is C103H141FN18O18S4. The van der Waals surface area contributed by atoms with Gasteiger partial charge in [0.2, 0.25) is 35.4 Å². The summed E-state index contributed by atoms with van der Waals surface area (Å²) in [7, 11) is 0. The van der Waals surface area contributed by atoms with E-state index in [1.54, 1.807) is 66.9 Å². The normalized spacial score (nSPS) is 19.7. The first-order valence-electron chi connectivity index (χ1n) is 49.2. The summed E-state index contributed by atoms with van der Waals surface area (Å²) in [4.78, 5) is 152. The van der Waals surface area contributed by atoms with Gasteiger partial charge in [-0.25, -0.2) is 29.3 Å². The Bertz CT molecular complexity index is 5250. The third-order valence-electron chi connectivity index (χ3n) is 26.0. The zero-order valence-corrected chi connectivity index (χ0v) is 89.7. The highest BCUT2D eigenvalue weighted by Gasteiger charge is 2.48. The number of β-amino-alcohol motifs (C(OH)–C–C–N with tert-alkyl or cyclic N) is 3. The molecule has 0 bridgehead atoms. The number of thiazole rings is 3. The van der Waals surface area contributed by atoms with Gasteiger partial charge in [0, 0.05) is 154 Å². The van der Waals surface area contributed by atoms with Crippen molar-refractivity contribution in [2.45, 2.75) is 254 Å². The third-order valence-corrected chi connectivity index (χ3v) is 28.9. The van der Waals surface area contributed by atoms with Gasteiger partial charge in [-0.1, -0.05) is 130 Å². The zero-order chi connectivity index (χ0) is 105. The molecule has 6 fully saturated rings. The molecule has 6 aromatic heterocycles. The SMILES string of the molecule is CSF.Cc1ncsc1-c1ccc([C@H](C)NC(=O)[C@@H]2C[C@@H](O)CN2C(=O)C(c2cc(N3CCN(C(=O)OC(C)(C)C)CC3)no2)C(C)C)cc1.Cc1ncsc1-c1ccc([C@H](C)NC(=O)[C@@H]2C[C@@H](O)CN2C(=O)[C@@H](c2cc(N3CCN(C(=O)OC(C)(C)C)CC3)no2)C(C)C)cc1.Cc1ncsc1-c1ccc([C@H](C)NC(=O)[C@@H]2C[C@@H](O)CN2C(=O)[C@H](c2cc(N3CCN(C(=O)OC(C)(C)C)CC3)no2)C(C)C)cc1. The number of aryl methyl sites for hydroxylation is 3. The second-order valence-corrected chi connectivity index (χ2v) is 44.4. The molecule has 36 nitrogen and oxygen atoms in total. The first kappa shape index (κ1) is 111. The van der Waals surface area contributed by atoms with Crippen LogP contribution in [-0.4, -0.2) is 287 Å². The van der Waals surface area contributed by atoms with Gasteiger partial charge in [-0.05, 0) is 155 Å². The van der Waals surface area contributed by atoms with E-state index < -0.39 is 71.0 Å². The maximum absolute atomic E-state index is 14.1. The van der Waals surface area contributed by atoms with Crippen LogP contribution >= 0.6 is 46.2 Å². The van der Waals surface area contributed by atoms with Crippen molar-refractivity contribution in [3.63, 3.8) is 0 Å². The Balaban J connectivity index is 0.000000190. The molecule has 782 valence electrons. The number of aliphatic hydroxyl groups is 3. The fourth-order valence-electron chi connectivity index (χ4n) is 18.4. The van der Waals surface area contributed by atoms with Crippen LogP contribution in [0.25, 0.3) is 31.3 Å². The number of aromatic nitrogens is 6. The molecule has 0 aliphatic carbocycles. The van der Waals surface area contributed by atoms with Crippen molar-refractivity contribution < 1.29 is 90.1 Å². The summed E-state index contributed by atoms with van der Waals surface area (Å²) < 4.78 is 43.9. The summed E-state index contributed by atoms with van der Waals surface area (Å²) in [5, 5.41) is 53.7. The largest absolute Gasteiger partial charge is 0.444 e. The van der Waals surface area contributed by atoms with Crippen LogP contribution in [0, 0.1) is 38.5 Å². The first-order chi connectivity index (χ1) is 68.1. The highest BCUT2D eigenvalue weighted by molar-refractivity contribution is 7.93. The van der Waals surface area contributed by atoms with E-state index in [9.17, 15) is 62.4 Å². The van der Waals surface area contributed by atoms with Crippen molar-refractivity contribution in [2.75, 3.05) is 119 Å². The predicted octanol–water partition coefficient (Wildman–Crippen LogP) is 15.5. The molecule has 9 amide bonds. The minimum absolute atomic E-state index is 0.0606. The van der Waals surface area contributed by atoms with E-state index in [2.05, 4.69) is 46.4 Å². The molecule has 6 aliphatic heterocycles. The van der Waals surface area contributed by atoms with Gasteiger partial charge in [0.25, 0.3) is 0 Å². The highest BCUT2D eigenvalue weighted by Crippen LogP contribution is 2.40. The van der Waals surface area contributed by atoms with Crippen LogP contribution in [0.1, 0.15) is 231 Å². The Morgan fingerprint density at radius 1 is 0.389 bits per heavy atom. The molecular weight excluding hydrogens is 1920 g/mol. The lowest BCUT2D eigenvalue weighted by Gasteiger charge is -2.35. The molecule has 6 aliphatic rings. The molecule has 6 saturated heterocycles. The fourth-order valence-corrected chi connectivity index (χ4v) is 20.8. The maximum Gasteiger partial charge on any atom is 0.410 e. The van der Waals surface area contributed by atoms with Crippen molar-refractivity contribution >= 4 is 117 Å². The lowest BCUT2D eigenvalue weighted by Crippen LogP contribution is -2.50. The Hall–Kier alpha value is -11.6. The Labute approximate surface area is 858 Å². The number of carbonyl (C=O) groups excluding carboxylic acids is 9. The van der Waals surface area contributed by atoms with Crippen molar-refractivity contribution in [1.29, 1.82) is 0 Å². The number of rotatable bonds is 24. The molecule has 12 atom stereocenters. The molecule has 9 aromatic rings. The van der Waals surface area contributed by atoms with Crippen molar-refractivity contribution in [2.24, 2.45) is 17.8 Å². The van der Waals surface area contributed by atoms with E-state index in [1.807, 2.05) is 249 Å². The third kappa shape index (κ3) is 28.6. The van der Waals surface area contributed by atoms with Gasteiger partial charge < -0.3 is 103 Å². The number of hydrogen-bond acceptors (Lipinski definition) is 31. The Kier molecular flexibility index (Phi) is 37.5. The molecule has 1 unspecified atom stereocenters. The van der Waals surface area contributed by atoms with Crippen molar-refractivity contribution in [3.8, 4) is 31.3 Å². The maximum atomic E-state index is 14.1. The summed E-state index contributed by atoms with van der Waals surface area (Å²) >= 11 is 5.02. The van der Waals surface area contributed by atoms with Crippen molar-refractivity contribution in [3.05, 3.63) is 159 Å². The smallest absolute Gasteiger partial charge is 0.410 e. The predicted molar refractivity (Wildman–Crippen MR) is 552 cm³/mol. The molecule has 0 radical (unpaired) electrons. The van der Waals surface area contributed by atoms with Crippen LogP contribution in [-0.2, 0) is 43.0 Å². The number of halogens is 1. The van der Waals surface area contributed by atoms with Crippen LogP contribution in [0.3, 0.4) is 0 Å². The standard InChI is InChI=1S/3C34H46N6O6S.CH3FS/c3*1-20(2)29(27-17-28(37-46-27)38-12-14-39(15-13-38)33(44)45-34(5,6)7)32(43)40-18-25(41)16-26(40)31(42)36-21(3)23-8-10-24(11-9-23)30-22(4)35-19-47-30;1-3-2/h3*8-11,17,19-21,25-26,29,41H,12-16,18H2,1-7H3,(H,36,42);1H3/t21-,25+,26-,29?;21-,25+,26-,29+;21-,25+,26-,29-;/m000./s1. The number of ether oxygens (including phenoxy) is 3. The van der Waals surface area contributed by atoms with Crippen LogP contribution in [0.5, 0.6) is 0 Å². The summed E-state index contributed by atoms with van der Waals surface area (Å²) in [5.74, 6) is -1.39. The average molecular weight is 2070 g/mol. The van der Waals surface area contributed by atoms with Gasteiger partial charge in [0.15, 0.2) is 34.7 Å². The molecule has 3 aromatic carbocycles. The number of nitrogens with one attached hydrogen (secondary N) is 3. The van der Waals surface area contributed by atoms with Gasteiger partial charge in [-0.3, -0.25) is 28.8 Å². The second-order valence-electron chi connectivity index (χ2n) is 41.5. The number of anilines is 3. The number of likely N-dealkylation sites (tertiary alicyclic amines) is 3. The number of benzene rings is 3. The van der Waals surface area contributed by atoms with Crippen LogP contribution in [0.2, 0.25) is 0 Å². The lowest BCUT2D eigenvalue weighted by atomic mass is 9.91. The lowest BCUT2D eigenvalue weighted by molar-refractivity contribution is -0.141. The quantitative estimate of drug-likeness (QED) is 0.0306. The van der Waals surface area contributed by atoms with Gasteiger partial charge in [0.1, 0.15) is 52.7 Å². The fraction of sp³-hybridized carbons (Fsp3) is 0.563. The number of amides is 9. The zero-order valence-electron chi connectivity index (χ0n) is 86.5. The number of piperazine rings is 3. The molecule has 0 saturated carbocycles. The molecule has 6 N–H and O–H groups in total. The van der Waals surface area contributed by atoms with Crippen LogP contribution in [0.4, 0.5) is 35.7 Å². The molecule has 15 rings (SSSR count). The molecule has 0 spiro atoms. The monoisotopic (exact) mass is 2060 g/mol. The van der Waals surface area contributed by atoms with E-state index in [1.165, 1.54) is 21.0 Å². The molecule has 12 heterocycles. The molecule has 41 heteroatoms. The van der Waals surface area contributed by atoms with Gasteiger partial charge in [0.05, 0.1) is 84.7 Å². The number of carbonyl (C=O) groups is 9. The number of nitrogens with zero attached hydrogens (tertiary/aromatic N) is 15. The van der Waals surface area contributed by atoms with Crippen LogP contribution < -0.4 is 30.7 Å². The van der Waals surface area contributed by atoms with Gasteiger partial charge >= 0.3 is 18.3 Å². The molecule has 144 heavy (non-hydrogen) atoms. The summed E-state index contributed by atoms with van der Waals surface area (Å²) in [5.41, 5.74) is 12.7. The Morgan fingerprint density at radius 3 is 0.806 bits per heavy atom. The van der Waals surface area contributed by atoms with E-state index in [0.29, 0.717) is 113 Å². The summed E-state index contributed by atoms with van der Waals surface area (Å²) in [6.07, 6.45) is -1.63. The second kappa shape index (κ2) is 48.6. The minimum Gasteiger partial charge on any atom is -0.444 e. The summed E-state index contributed by atoms with van der Waals surface area (Å²) in [6, 6.07) is 26.0. The summed E-state index contributed by atoms with van der Waals surface area (Å²) in [6.45, 7) is 46.0. The van der Waals surface area contributed by atoms with Gasteiger partial charge in [-0.15, -0.1) is 34.0 Å². The first-order valence-corrected chi connectivity index (χ1v) is 52.9. The minimum atomic E-state index is -0.816. The van der Waals surface area contributed by atoms with E-state index in [-0.39, 0.29) is 141 Å². The topological polar surface area (TPSA) is 424 Å². The van der Waals surface area contributed by atoms with Crippen molar-refractivity contribution in [1.82, 2.24) is 75.8 Å². The van der Waals surface area contributed by atoms with E-state index in [4.69, 9.17) is 27.8 Å². The Morgan fingerprint density at radius 2 is 0.611 bits per heavy atom. The average Bonchev–Trinajstić information content (AvgIpc) is 1.64. The van der Waals surface area contributed by atoms with E-state index >= 15 is 0 Å².